The Bertz CT molecular complexity index is 1370. The SMILES string of the molecule is C[C@H]1Oc2cc(cnc2N)-c2c(CC3CC3)noc2Cc2nn(C)nc2-c2ccc(F)cc21. The molecule has 4 aromatic rings. The van der Waals surface area contributed by atoms with E-state index in [1.54, 1.807) is 19.3 Å². The van der Waals surface area contributed by atoms with E-state index in [1.165, 1.54) is 29.8 Å². The molecule has 6 rings (SSSR count). The second-order valence-corrected chi connectivity index (χ2v) is 8.84. The van der Waals surface area contributed by atoms with Crippen LogP contribution in [0.15, 0.2) is 35.0 Å². The van der Waals surface area contributed by atoms with Crippen LogP contribution in [0, 0.1) is 11.7 Å². The number of ether oxygens (including phenoxy) is 1. The Kier molecular flexibility index (Phi) is 4.46. The van der Waals surface area contributed by atoms with E-state index in [1.807, 2.05) is 13.0 Å². The Balaban J connectivity index is 1.60. The largest absolute Gasteiger partial charge is 0.482 e. The average Bonchev–Trinajstić information content (AvgIpc) is 3.41. The van der Waals surface area contributed by atoms with Crippen molar-refractivity contribution < 1.29 is 13.7 Å². The zero-order valence-electron chi connectivity index (χ0n) is 18.4. The first kappa shape index (κ1) is 19.9. The highest BCUT2D eigenvalue weighted by molar-refractivity contribution is 5.73. The molecule has 1 atom stereocenters. The van der Waals surface area contributed by atoms with Gasteiger partial charge in [0.05, 0.1) is 17.8 Å². The molecule has 2 N–H and O–H groups in total. The quantitative estimate of drug-likeness (QED) is 0.491. The smallest absolute Gasteiger partial charge is 0.166 e. The lowest BCUT2D eigenvalue weighted by Crippen LogP contribution is -2.09. The normalized spacial score (nSPS) is 17.2. The van der Waals surface area contributed by atoms with Gasteiger partial charge in [0.25, 0.3) is 0 Å². The molecule has 1 saturated carbocycles. The van der Waals surface area contributed by atoms with Crippen LogP contribution in [-0.4, -0.2) is 25.1 Å². The fourth-order valence-corrected chi connectivity index (χ4v) is 4.50. The lowest BCUT2D eigenvalue weighted by Gasteiger charge is -2.20. The van der Waals surface area contributed by atoms with Crippen LogP contribution in [0.3, 0.4) is 0 Å². The molecule has 1 aliphatic heterocycles. The van der Waals surface area contributed by atoms with E-state index in [2.05, 4.69) is 20.3 Å². The highest BCUT2D eigenvalue weighted by atomic mass is 19.1. The van der Waals surface area contributed by atoms with Crippen molar-refractivity contribution in [3.63, 3.8) is 0 Å². The zero-order valence-corrected chi connectivity index (χ0v) is 18.4. The molecule has 0 spiro atoms. The second kappa shape index (κ2) is 7.40. The Hall–Kier alpha value is -3.75. The molecule has 2 bridgehead atoms. The molecule has 1 aromatic carbocycles. The van der Waals surface area contributed by atoms with Gasteiger partial charge in [0.2, 0.25) is 0 Å². The number of aromatic nitrogens is 5. The molecule has 3 aromatic heterocycles. The summed E-state index contributed by atoms with van der Waals surface area (Å²) >= 11 is 0. The topological polar surface area (TPSA) is 105 Å². The maximum Gasteiger partial charge on any atom is 0.166 e. The van der Waals surface area contributed by atoms with Gasteiger partial charge in [0.15, 0.2) is 17.3 Å². The summed E-state index contributed by atoms with van der Waals surface area (Å²) in [5.41, 5.74) is 11.6. The van der Waals surface area contributed by atoms with E-state index in [0.717, 1.165) is 34.5 Å². The molecule has 168 valence electrons. The Labute approximate surface area is 189 Å². The summed E-state index contributed by atoms with van der Waals surface area (Å²) < 4.78 is 26.3. The molecule has 1 aliphatic carbocycles. The summed E-state index contributed by atoms with van der Waals surface area (Å²) in [7, 11) is 1.77. The van der Waals surface area contributed by atoms with Crippen molar-refractivity contribution in [2.75, 3.05) is 5.73 Å². The van der Waals surface area contributed by atoms with E-state index >= 15 is 0 Å². The van der Waals surface area contributed by atoms with E-state index in [-0.39, 0.29) is 11.6 Å². The summed E-state index contributed by atoms with van der Waals surface area (Å²) in [6.07, 6.45) is 4.87. The molecule has 0 amide bonds. The lowest BCUT2D eigenvalue weighted by atomic mass is 9.95. The van der Waals surface area contributed by atoms with Crippen molar-refractivity contribution in [3.8, 4) is 28.1 Å². The van der Waals surface area contributed by atoms with Crippen LogP contribution in [0.1, 0.15) is 48.6 Å². The fraction of sp³-hybridized carbons (Fsp3) is 0.333. The van der Waals surface area contributed by atoms with Gasteiger partial charge in [-0.05, 0) is 56.4 Å². The van der Waals surface area contributed by atoms with Crippen molar-refractivity contribution in [2.45, 2.75) is 38.7 Å². The summed E-state index contributed by atoms with van der Waals surface area (Å²) in [5.74, 6) is 1.65. The van der Waals surface area contributed by atoms with Crippen molar-refractivity contribution in [3.05, 3.63) is 59.0 Å². The Morgan fingerprint density at radius 3 is 2.88 bits per heavy atom. The minimum Gasteiger partial charge on any atom is -0.482 e. The number of rotatable bonds is 2. The number of aryl methyl sites for hydroxylation is 1. The van der Waals surface area contributed by atoms with Crippen LogP contribution in [0.2, 0.25) is 0 Å². The maximum absolute atomic E-state index is 14.3. The summed E-state index contributed by atoms with van der Waals surface area (Å²) in [6, 6.07) is 6.45. The number of hydrogen-bond donors (Lipinski definition) is 1. The van der Waals surface area contributed by atoms with Gasteiger partial charge >= 0.3 is 0 Å². The van der Waals surface area contributed by atoms with E-state index in [0.29, 0.717) is 35.1 Å². The van der Waals surface area contributed by atoms with Gasteiger partial charge in [-0.25, -0.2) is 9.37 Å². The third kappa shape index (κ3) is 3.53. The average molecular weight is 446 g/mol. The van der Waals surface area contributed by atoms with E-state index in [9.17, 15) is 4.39 Å². The molecule has 33 heavy (non-hydrogen) atoms. The van der Waals surface area contributed by atoms with Crippen molar-refractivity contribution in [2.24, 2.45) is 13.0 Å². The number of nitrogen functional groups attached to an aromatic ring is 1. The summed E-state index contributed by atoms with van der Waals surface area (Å²) in [4.78, 5) is 5.89. The molecule has 1 fully saturated rings. The Morgan fingerprint density at radius 1 is 1.21 bits per heavy atom. The number of fused-ring (bicyclic) bond motifs is 7. The highest BCUT2D eigenvalue weighted by Crippen LogP contribution is 2.41. The molecule has 0 radical (unpaired) electrons. The number of hydrogen-bond acceptors (Lipinski definition) is 7. The van der Waals surface area contributed by atoms with Gasteiger partial charge in [-0.1, -0.05) is 5.16 Å². The van der Waals surface area contributed by atoms with Gasteiger partial charge in [-0.15, -0.1) is 0 Å². The first-order valence-electron chi connectivity index (χ1n) is 11.1. The zero-order chi connectivity index (χ0) is 22.7. The first-order valence-corrected chi connectivity index (χ1v) is 11.1. The van der Waals surface area contributed by atoms with Gasteiger partial charge in [0, 0.05) is 35.5 Å². The van der Waals surface area contributed by atoms with Crippen LogP contribution in [0.25, 0.3) is 22.4 Å². The van der Waals surface area contributed by atoms with Gasteiger partial charge < -0.3 is 15.0 Å². The van der Waals surface area contributed by atoms with Gasteiger partial charge in [0.1, 0.15) is 17.6 Å². The number of pyridine rings is 1. The fourth-order valence-electron chi connectivity index (χ4n) is 4.50. The third-order valence-corrected chi connectivity index (χ3v) is 6.30. The van der Waals surface area contributed by atoms with Crippen LogP contribution in [0.5, 0.6) is 5.75 Å². The number of benzene rings is 1. The predicted octanol–water partition coefficient (Wildman–Crippen LogP) is 4.25. The molecule has 8 nitrogen and oxygen atoms in total. The number of nitrogens with two attached hydrogens (primary N) is 1. The van der Waals surface area contributed by atoms with Crippen molar-refractivity contribution in [1.82, 2.24) is 25.1 Å². The van der Waals surface area contributed by atoms with Crippen molar-refractivity contribution >= 4 is 5.82 Å². The summed E-state index contributed by atoms with van der Waals surface area (Å²) in [5, 5.41) is 13.6. The van der Waals surface area contributed by atoms with Crippen LogP contribution < -0.4 is 10.5 Å². The van der Waals surface area contributed by atoms with E-state index in [4.69, 9.17) is 15.0 Å². The minimum atomic E-state index is -0.503. The van der Waals surface area contributed by atoms with Gasteiger partial charge in [-0.3, -0.25) is 0 Å². The summed E-state index contributed by atoms with van der Waals surface area (Å²) in [6.45, 7) is 1.86. The first-order chi connectivity index (χ1) is 16.0. The molecule has 0 saturated heterocycles. The molecular formula is C24H23FN6O2. The van der Waals surface area contributed by atoms with Crippen LogP contribution in [0.4, 0.5) is 10.2 Å². The standard InChI is InChI=1S/C24H23FN6O2/c1-12-17-9-15(25)5-6-16(17)23-19(28-31(2)29-23)10-20-22(18(30-33-20)7-13-3-4-13)14-8-21(32-12)24(26)27-11-14/h5-6,8-9,11-13H,3-4,7,10H2,1-2H3,(H2,26,27)/t12-/m1/s1. The molecular weight excluding hydrogens is 423 g/mol. The molecule has 2 aliphatic rings. The molecule has 4 heterocycles. The Morgan fingerprint density at radius 2 is 2.06 bits per heavy atom. The predicted molar refractivity (Wildman–Crippen MR) is 119 cm³/mol. The minimum absolute atomic E-state index is 0.266. The second-order valence-electron chi connectivity index (χ2n) is 8.84. The number of anilines is 1. The monoisotopic (exact) mass is 446 g/mol. The molecule has 9 heteroatoms. The van der Waals surface area contributed by atoms with Crippen LogP contribution >= 0.6 is 0 Å². The van der Waals surface area contributed by atoms with Gasteiger partial charge in [-0.2, -0.15) is 15.0 Å². The maximum atomic E-state index is 14.3. The van der Waals surface area contributed by atoms with E-state index < -0.39 is 6.10 Å². The third-order valence-electron chi connectivity index (χ3n) is 6.30. The lowest BCUT2D eigenvalue weighted by molar-refractivity contribution is 0.227. The number of nitrogens with zero attached hydrogens (tertiary/aromatic N) is 5. The number of halogens is 1. The van der Waals surface area contributed by atoms with Crippen LogP contribution in [-0.2, 0) is 19.9 Å². The highest BCUT2D eigenvalue weighted by Gasteiger charge is 2.30. The molecule has 0 unspecified atom stereocenters. The van der Waals surface area contributed by atoms with Crippen molar-refractivity contribution in [1.29, 1.82) is 0 Å².